The summed E-state index contributed by atoms with van der Waals surface area (Å²) in [5.41, 5.74) is 0. The molecule has 0 spiro atoms. The maximum Gasteiger partial charge on any atom is 0.0755 e. The number of halogens is 4. The van der Waals surface area contributed by atoms with Crippen molar-refractivity contribution >= 4 is 69.9 Å². The molecule has 1 rings (SSSR count). The molecule has 0 nitrogen and oxygen atoms in total. The van der Waals surface area contributed by atoms with Crippen molar-refractivity contribution in [3.63, 3.8) is 0 Å². The van der Waals surface area contributed by atoms with Gasteiger partial charge in [0.15, 0.2) is 0 Å². The average molecular weight is 308 g/mol. The second-order valence-corrected chi connectivity index (χ2v) is 5.47. The molecule has 0 saturated heterocycles. The van der Waals surface area contributed by atoms with Crippen LogP contribution in [0.3, 0.4) is 0 Å². The van der Waals surface area contributed by atoms with Gasteiger partial charge in [0.2, 0.25) is 0 Å². The summed E-state index contributed by atoms with van der Waals surface area (Å²) < 4.78 is 0. The second-order valence-electron chi connectivity index (χ2n) is 2.32. The van der Waals surface area contributed by atoms with E-state index >= 15 is 0 Å². The van der Waals surface area contributed by atoms with E-state index in [9.17, 15) is 0 Å². The highest BCUT2D eigenvalue weighted by Gasteiger charge is 2.18. The summed E-state index contributed by atoms with van der Waals surface area (Å²) in [7, 11) is 0. The van der Waals surface area contributed by atoms with Gasteiger partial charge < -0.3 is 0 Å². The highest BCUT2D eigenvalue weighted by molar-refractivity contribution is 7.99. The van der Waals surface area contributed by atoms with Crippen molar-refractivity contribution in [2.24, 2.45) is 0 Å². The minimum Gasteiger partial charge on any atom is -0.126 e. The molecule has 0 aliphatic carbocycles. The first-order valence-electron chi connectivity index (χ1n) is 3.48. The van der Waals surface area contributed by atoms with Gasteiger partial charge in [0.05, 0.1) is 20.1 Å². The molecule has 0 heterocycles. The van der Waals surface area contributed by atoms with E-state index in [4.69, 9.17) is 46.4 Å². The van der Waals surface area contributed by atoms with Gasteiger partial charge in [-0.05, 0) is 12.5 Å². The van der Waals surface area contributed by atoms with Crippen molar-refractivity contribution in [2.45, 2.75) is 9.79 Å². The average Bonchev–Trinajstić information content (AvgIpc) is 2.17. The maximum atomic E-state index is 6.05. The van der Waals surface area contributed by atoms with Gasteiger partial charge in [-0.3, -0.25) is 0 Å². The van der Waals surface area contributed by atoms with Crippen molar-refractivity contribution in [1.82, 2.24) is 0 Å². The van der Waals surface area contributed by atoms with E-state index in [1.807, 2.05) is 12.5 Å². The zero-order valence-corrected chi connectivity index (χ0v) is 12.0. The van der Waals surface area contributed by atoms with Crippen molar-refractivity contribution in [3.8, 4) is 0 Å². The van der Waals surface area contributed by atoms with Gasteiger partial charge in [-0.25, -0.2) is 0 Å². The van der Waals surface area contributed by atoms with Crippen LogP contribution in [0.4, 0.5) is 0 Å². The van der Waals surface area contributed by atoms with Crippen LogP contribution in [0.15, 0.2) is 9.79 Å². The van der Waals surface area contributed by atoms with Crippen LogP contribution in [0.1, 0.15) is 0 Å². The van der Waals surface area contributed by atoms with Gasteiger partial charge in [-0.2, -0.15) is 0 Å². The van der Waals surface area contributed by atoms with Crippen LogP contribution >= 0.6 is 69.9 Å². The SMILES string of the molecule is CSc1c(Cl)c(Cl)c(SC)c(Cl)c1Cl. The van der Waals surface area contributed by atoms with E-state index in [0.29, 0.717) is 20.1 Å². The quantitative estimate of drug-likeness (QED) is 0.504. The maximum absolute atomic E-state index is 6.05. The first-order valence-corrected chi connectivity index (χ1v) is 7.44. The third kappa shape index (κ3) is 2.26. The van der Waals surface area contributed by atoms with E-state index in [1.165, 1.54) is 23.5 Å². The van der Waals surface area contributed by atoms with Crippen LogP contribution in [-0.4, -0.2) is 12.5 Å². The smallest absolute Gasteiger partial charge is 0.0755 e. The molecule has 0 N–H and O–H groups in total. The molecule has 0 saturated carbocycles. The van der Waals surface area contributed by atoms with Crippen LogP contribution in [0.5, 0.6) is 0 Å². The van der Waals surface area contributed by atoms with E-state index in [2.05, 4.69) is 0 Å². The van der Waals surface area contributed by atoms with Crippen molar-refractivity contribution in [2.75, 3.05) is 12.5 Å². The van der Waals surface area contributed by atoms with Crippen LogP contribution in [0, 0.1) is 0 Å². The van der Waals surface area contributed by atoms with Gasteiger partial charge in [-0.1, -0.05) is 46.4 Å². The summed E-state index contributed by atoms with van der Waals surface area (Å²) in [6.07, 6.45) is 3.75. The minimum absolute atomic E-state index is 0.470. The highest BCUT2D eigenvalue weighted by Crippen LogP contribution is 2.48. The molecule has 1 aromatic carbocycles. The Morgan fingerprint density at radius 2 is 0.857 bits per heavy atom. The summed E-state index contributed by atoms with van der Waals surface area (Å²) in [6, 6.07) is 0. The largest absolute Gasteiger partial charge is 0.126 e. The third-order valence-electron chi connectivity index (χ3n) is 1.59. The Balaban J connectivity index is 3.55. The Bertz CT molecular complexity index is 301. The van der Waals surface area contributed by atoms with E-state index in [1.54, 1.807) is 0 Å². The fourth-order valence-corrected chi connectivity index (χ4v) is 4.08. The molecular formula is C8H6Cl4S2. The third-order valence-corrected chi connectivity index (χ3v) is 5.38. The van der Waals surface area contributed by atoms with Crippen molar-refractivity contribution < 1.29 is 0 Å². The van der Waals surface area contributed by atoms with Crippen LogP contribution in [0.25, 0.3) is 0 Å². The lowest BCUT2D eigenvalue weighted by Crippen LogP contribution is -1.85. The lowest BCUT2D eigenvalue weighted by atomic mass is 10.3. The Morgan fingerprint density at radius 1 is 0.643 bits per heavy atom. The Labute approximate surface area is 112 Å². The van der Waals surface area contributed by atoms with Gasteiger partial charge in [0, 0.05) is 9.79 Å². The summed E-state index contributed by atoms with van der Waals surface area (Å²) in [5.74, 6) is 0. The fraction of sp³-hybridized carbons (Fsp3) is 0.250. The number of hydrogen-bond acceptors (Lipinski definition) is 2. The Morgan fingerprint density at radius 3 is 1.00 bits per heavy atom. The summed E-state index contributed by atoms with van der Waals surface area (Å²) in [4.78, 5) is 1.45. The molecule has 0 aliphatic heterocycles. The monoisotopic (exact) mass is 306 g/mol. The van der Waals surface area contributed by atoms with Gasteiger partial charge in [0.1, 0.15) is 0 Å². The van der Waals surface area contributed by atoms with E-state index in [0.717, 1.165) is 9.79 Å². The summed E-state index contributed by atoms with van der Waals surface area (Å²) >= 11 is 27.0. The summed E-state index contributed by atoms with van der Waals surface area (Å²) in [6.45, 7) is 0. The lowest BCUT2D eigenvalue weighted by Gasteiger charge is -2.12. The first kappa shape index (κ1) is 13.1. The number of benzene rings is 1. The van der Waals surface area contributed by atoms with Gasteiger partial charge in [0.25, 0.3) is 0 Å². The predicted octanol–water partition coefficient (Wildman–Crippen LogP) is 5.74. The number of hydrogen-bond donors (Lipinski definition) is 0. The molecule has 78 valence electrons. The lowest BCUT2D eigenvalue weighted by molar-refractivity contribution is 1.35. The number of thioether (sulfide) groups is 2. The first-order chi connectivity index (χ1) is 6.54. The minimum atomic E-state index is 0.470. The van der Waals surface area contributed by atoms with Crippen LogP contribution < -0.4 is 0 Å². The molecule has 0 amide bonds. The molecule has 0 radical (unpaired) electrons. The Hall–Kier alpha value is 1.08. The second kappa shape index (κ2) is 5.42. The standard InChI is InChI=1S/C8H6Cl4S2/c1-13-7-3(9)5(11)8(14-2)6(12)4(7)10/h1-2H3. The molecular weight excluding hydrogens is 302 g/mol. The van der Waals surface area contributed by atoms with Crippen molar-refractivity contribution in [3.05, 3.63) is 20.1 Å². The van der Waals surface area contributed by atoms with Gasteiger partial charge in [-0.15, -0.1) is 23.5 Å². The van der Waals surface area contributed by atoms with Crippen LogP contribution in [0.2, 0.25) is 20.1 Å². The topological polar surface area (TPSA) is 0 Å². The molecule has 0 aromatic heterocycles. The van der Waals surface area contributed by atoms with Crippen LogP contribution in [-0.2, 0) is 0 Å². The molecule has 0 aliphatic rings. The van der Waals surface area contributed by atoms with E-state index < -0.39 is 0 Å². The van der Waals surface area contributed by atoms with E-state index in [-0.39, 0.29) is 0 Å². The molecule has 6 heteroatoms. The van der Waals surface area contributed by atoms with Gasteiger partial charge >= 0.3 is 0 Å². The zero-order valence-electron chi connectivity index (χ0n) is 7.33. The molecule has 1 aromatic rings. The Kier molecular flexibility index (Phi) is 5.09. The fourth-order valence-electron chi connectivity index (χ4n) is 0.950. The molecule has 0 atom stereocenters. The molecule has 0 unspecified atom stereocenters. The normalized spacial score (nSPS) is 10.7. The zero-order chi connectivity index (χ0) is 10.9. The van der Waals surface area contributed by atoms with Crippen molar-refractivity contribution in [1.29, 1.82) is 0 Å². The molecule has 14 heavy (non-hydrogen) atoms. The predicted molar refractivity (Wildman–Crippen MR) is 70.0 cm³/mol. The summed E-state index contributed by atoms with van der Waals surface area (Å²) in [5, 5.41) is 1.88. The molecule has 0 bridgehead atoms. The molecule has 0 fully saturated rings. The highest BCUT2D eigenvalue weighted by atomic mass is 35.5. The number of rotatable bonds is 2.